The molecule has 0 rings (SSSR count). The van der Waals surface area contributed by atoms with Gasteiger partial charge in [0.2, 0.25) is 0 Å². The van der Waals surface area contributed by atoms with Crippen LogP contribution < -0.4 is 5.48 Å². The third kappa shape index (κ3) is 4.38. The highest BCUT2D eigenvalue weighted by atomic mass is 16.7. The zero-order valence-electron chi connectivity index (χ0n) is 7.89. The Morgan fingerprint density at radius 2 is 1.80 bits per heavy atom. The molecule has 0 aromatic rings. The van der Waals surface area contributed by atoms with E-state index < -0.39 is 36.4 Å². The topological polar surface area (TPSA) is 133 Å². The summed E-state index contributed by atoms with van der Waals surface area (Å²) in [5, 5.41) is 26.3. The van der Waals surface area contributed by atoms with Crippen molar-refractivity contribution in [3.8, 4) is 0 Å². The van der Waals surface area contributed by atoms with Gasteiger partial charge in [-0.3, -0.25) is 9.59 Å². The van der Waals surface area contributed by atoms with Gasteiger partial charge in [-0.1, -0.05) is 0 Å². The van der Waals surface area contributed by atoms with Gasteiger partial charge in [-0.15, -0.1) is 0 Å². The van der Waals surface area contributed by atoms with Crippen molar-refractivity contribution >= 4 is 17.9 Å². The number of carbonyl (C=O) groups is 3. The summed E-state index contributed by atoms with van der Waals surface area (Å²) >= 11 is 0. The molecule has 1 atom stereocenters. The van der Waals surface area contributed by atoms with Crippen molar-refractivity contribution in [2.45, 2.75) is 18.4 Å². The third-order valence-corrected chi connectivity index (χ3v) is 1.49. The third-order valence-electron chi connectivity index (χ3n) is 1.49. The first-order chi connectivity index (χ1) is 6.81. The minimum Gasteiger partial charge on any atom is -0.481 e. The predicted octanol–water partition coefficient (Wildman–Crippen LogP) is -1.66. The number of aliphatic hydroxyl groups is 1. The summed E-state index contributed by atoms with van der Waals surface area (Å²) in [5.74, 6) is -4.39. The van der Waals surface area contributed by atoms with Gasteiger partial charge in [-0.05, 0) is 0 Å². The fraction of sp³-hybridized carbons (Fsp3) is 0.571. The van der Waals surface area contributed by atoms with Crippen molar-refractivity contribution in [2.24, 2.45) is 0 Å². The van der Waals surface area contributed by atoms with Crippen molar-refractivity contribution in [3.05, 3.63) is 0 Å². The lowest BCUT2D eigenvalue weighted by Crippen LogP contribution is -2.43. The van der Waals surface area contributed by atoms with Crippen LogP contribution in [0.1, 0.15) is 12.8 Å². The first-order valence-electron chi connectivity index (χ1n) is 3.86. The second-order valence-corrected chi connectivity index (χ2v) is 2.76. The number of carboxylic acid groups (broad SMARTS) is 2. The van der Waals surface area contributed by atoms with Crippen LogP contribution in [0.5, 0.6) is 0 Å². The molecular formula is C7H11NO7. The molecule has 4 N–H and O–H groups in total. The molecular weight excluding hydrogens is 210 g/mol. The fourth-order valence-electron chi connectivity index (χ4n) is 0.853. The van der Waals surface area contributed by atoms with Gasteiger partial charge in [0, 0.05) is 7.05 Å². The normalized spacial score (nSPS) is 14.0. The number of hydrogen-bond donors (Lipinski definition) is 4. The molecule has 0 saturated heterocycles. The van der Waals surface area contributed by atoms with Crippen LogP contribution in [0.15, 0.2) is 0 Å². The SMILES string of the molecule is CNOC(=O)CC(O)(CC(=O)O)C(=O)O. The summed E-state index contributed by atoms with van der Waals surface area (Å²) in [4.78, 5) is 35.8. The van der Waals surface area contributed by atoms with Crippen LogP contribution in [-0.4, -0.2) is 45.9 Å². The average Bonchev–Trinajstić information content (AvgIpc) is 2.01. The summed E-state index contributed by atoms with van der Waals surface area (Å²) < 4.78 is 0. The number of aliphatic carboxylic acids is 2. The molecule has 0 aliphatic heterocycles. The van der Waals surface area contributed by atoms with Crippen LogP contribution in [0.3, 0.4) is 0 Å². The second-order valence-electron chi connectivity index (χ2n) is 2.76. The summed E-state index contributed by atoms with van der Waals surface area (Å²) in [6, 6.07) is 0. The summed E-state index contributed by atoms with van der Waals surface area (Å²) in [6.45, 7) is 0. The maximum Gasteiger partial charge on any atom is 0.336 e. The van der Waals surface area contributed by atoms with Crippen LogP contribution in [0, 0.1) is 0 Å². The Labute approximate surface area is 84.4 Å². The molecule has 0 aliphatic rings. The van der Waals surface area contributed by atoms with E-state index in [1.165, 1.54) is 7.05 Å². The lowest BCUT2D eigenvalue weighted by Gasteiger charge is -2.19. The van der Waals surface area contributed by atoms with E-state index >= 15 is 0 Å². The molecule has 8 heteroatoms. The van der Waals surface area contributed by atoms with Crippen molar-refractivity contribution in [1.82, 2.24) is 5.48 Å². The Balaban J connectivity index is 4.58. The average molecular weight is 221 g/mol. The predicted molar refractivity (Wildman–Crippen MR) is 44.6 cm³/mol. The van der Waals surface area contributed by atoms with Crippen molar-refractivity contribution in [2.75, 3.05) is 7.05 Å². The monoisotopic (exact) mass is 221 g/mol. The number of carbonyl (C=O) groups excluding carboxylic acids is 1. The van der Waals surface area contributed by atoms with Crippen LogP contribution in [0.2, 0.25) is 0 Å². The number of hydroxylamine groups is 1. The lowest BCUT2D eigenvalue weighted by atomic mass is 9.96. The molecule has 0 spiro atoms. The van der Waals surface area contributed by atoms with Gasteiger partial charge in [-0.25, -0.2) is 4.79 Å². The molecule has 86 valence electrons. The van der Waals surface area contributed by atoms with Crippen molar-refractivity contribution < 1.29 is 34.5 Å². The summed E-state index contributed by atoms with van der Waals surface area (Å²) in [6.07, 6.45) is -2.03. The Kier molecular flexibility index (Phi) is 4.68. The fourth-order valence-corrected chi connectivity index (χ4v) is 0.853. The largest absolute Gasteiger partial charge is 0.481 e. The van der Waals surface area contributed by atoms with Gasteiger partial charge in [0.15, 0.2) is 5.60 Å². The standard InChI is InChI=1S/C7H11NO7/c1-8-15-5(11)3-7(14,6(12)13)2-4(9)10/h8,14H,2-3H2,1H3,(H,9,10)(H,12,13). The van der Waals surface area contributed by atoms with E-state index in [0.717, 1.165) is 0 Å². The van der Waals surface area contributed by atoms with Crippen LogP contribution >= 0.6 is 0 Å². The molecule has 1 unspecified atom stereocenters. The van der Waals surface area contributed by atoms with Gasteiger partial charge < -0.3 is 20.2 Å². The van der Waals surface area contributed by atoms with E-state index in [-0.39, 0.29) is 0 Å². The number of rotatable bonds is 6. The Morgan fingerprint density at radius 1 is 1.27 bits per heavy atom. The maximum absolute atomic E-state index is 10.8. The Bertz CT molecular complexity index is 277. The molecule has 15 heavy (non-hydrogen) atoms. The molecule has 0 aromatic carbocycles. The quantitative estimate of drug-likeness (QED) is 0.392. The van der Waals surface area contributed by atoms with Crippen LogP contribution in [-0.2, 0) is 19.2 Å². The van der Waals surface area contributed by atoms with Gasteiger partial charge in [0.25, 0.3) is 0 Å². The zero-order valence-corrected chi connectivity index (χ0v) is 7.89. The summed E-state index contributed by atoms with van der Waals surface area (Å²) in [5.41, 5.74) is -0.672. The maximum atomic E-state index is 10.8. The van der Waals surface area contributed by atoms with Crippen molar-refractivity contribution in [3.63, 3.8) is 0 Å². The highest BCUT2D eigenvalue weighted by Gasteiger charge is 2.41. The van der Waals surface area contributed by atoms with E-state index in [1.807, 2.05) is 5.48 Å². The Morgan fingerprint density at radius 3 is 2.13 bits per heavy atom. The van der Waals surface area contributed by atoms with Gasteiger partial charge in [0.05, 0.1) is 12.8 Å². The summed E-state index contributed by atoms with van der Waals surface area (Å²) in [7, 11) is 1.26. The smallest absolute Gasteiger partial charge is 0.336 e. The van der Waals surface area contributed by atoms with Gasteiger partial charge >= 0.3 is 17.9 Å². The molecule has 0 heterocycles. The van der Waals surface area contributed by atoms with E-state index in [4.69, 9.17) is 10.2 Å². The molecule has 0 saturated carbocycles. The van der Waals surface area contributed by atoms with Gasteiger partial charge in [0.1, 0.15) is 0 Å². The number of hydrogen-bond acceptors (Lipinski definition) is 6. The van der Waals surface area contributed by atoms with Gasteiger partial charge in [-0.2, -0.15) is 5.48 Å². The molecule has 0 aromatic heterocycles. The first kappa shape index (κ1) is 13.3. The molecule has 0 fully saturated rings. The molecule has 0 radical (unpaired) electrons. The highest BCUT2D eigenvalue weighted by Crippen LogP contribution is 2.16. The zero-order chi connectivity index (χ0) is 12.1. The lowest BCUT2D eigenvalue weighted by molar-refractivity contribution is -0.173. The van der Waals surface area contributed by atoms with E-state index in [1.54, 1.807) is 0 Å². The van der Waals surface area contributed by atoms with E-state index in [0.29, 0.717) is 0 Å². The minimum absolute atomic E-state index is 0.949. The first-order valence-corrected chi connectivity index (χ1v) is 3.86. The van der Waals surface area contributed by atoms with E-state index in [9.17, 15) is 19.5 Å². The minimum atomic E-state index is -2.65. The highest BCUT2D eigenvalue weighted by molar-refractivity contribution is 5.88. The van der Waals surface area contributed by atoms with Crippen molar-refractivity contribution in [1.29, 1.82) is 0 Å². The van der Waals surface area contributed by atoms with Crippen LogP contribution in [0.25, 0.3) is 0 Å². The molecule has 0 bridgehead atoms. The molecule has 8 nitrogen and oxygen atoms in total. The van der Waals surface area contributed by atoms with E-state index in [2.05, 4.69) is 4.84 Å². The Hall–Kier alpha value is -1.67. The molecule has 0 amide bonds. The second kappa shape index (κ2) is 5.27. The van der Waals surface area contributed by atoms with Crippen LogP contribution in [0.4, 0.5) is 0 Å². The number of nitrogens with one attached hydrogen (secondary N) is 1. The molecule has 0 aliphatic carbocycles. The number of carboxylic acids is 2.